The predicted octanol–water partition coefficient (Wildman–Crippen LogP) is 7.83. The molecule has 6 rings (SSSR count). The molecule has 0 N–H and O–H groups in total. The summed E-state index contributed by atoms with van der Waals surface area (Å²) < 4.78 is 0. The largest absolute Gasteiger partial charge is 0.136 e. The van der Waals surface area contributed by atoms with Crippen molar-refractivity contribution in [1.29, 1.82) is 0 Å². The van der Waals surface area contributed by atoms with E-state index in [0.29, 0.717) is 0 Å². The number of aryl methyl sites for hydroxylation is 6. The molecule has 0 saturated carbocycles. The molecule has 0 radical (unpaired) electrons. The zero-order valence-corrected chi connectivity index (χ0v) is 35.9. The summed E-state index contributed by atoms with van der Waals surface area (Å²) in [6.45, 7) is 24.7. The molecule has 50 heavy (non-hydrogen) atoms. The fourth-order valence-electron chi connectivity index (χ4n) is 8.92. The topological polar surface area (TPSA) is 0 Å². The van der Waals surface area contributed by atoms with E-state index in [1.807, 2.05) is 0 Å². The molecule has 0 heterocycles. The van der Waals surface area contributed by atoms with E-state index >= 15 is 0 Å². The molecule has 0 aromatic heterocycles. The average molecular weight is 719 g/mol. The van der Waals surface area contributed by atoms with Gasteiger partial charge in [-0.25, -0.2) is 0 Å². The summed E-state index contributed by atoms with van der Waals surface area (Å²) in [6, 6.07) is 58.8. The van der Waals surface area contributed by atoms with Crippen LogP contribution in [-0.4, -0.2) is 29.4 Å². The van der Waals surface area contributed by atoms with Crippen molar-refractivity contribution in [2.24, 2.45) is 0 Å². The van der Waals surface area contributed by atoms with E-state index in [2.05, 4.69) is 213 Å². The molecule has 0 saturated heterocycles. The first kappa shape index (κ1) is 36.0. The number of hydrogen-bond acceptors (Lipinski definition) is 0. The molecule has 0 aliphatic rings. The lowest BCUT2D eigenvalue weighted by Gasteiger charge is -2.59. The maximum absolute atomic E-state index is 2.84. The molecule has 4 heteroatoms. The summed E-state index contributed by atoms with van der Waals surface area (Å²) in [7, 11) is -10.1. The molecular formula is C46H54Si4. The molecule has 0 aliphatic heterocycles. The molecule has 254 valence electrons. The minimum absolute atomic E-state index is 1.32. The van der Waals surface area contributed by atoms with Gasteiger partial charge in [0, 0.05) is 0 Å². The predicted molar refractivity (Wildman–Crippen MR) is 231 cm³/mol. The molecule has 0 amide bonds. The molecule has 6 aromatic carbocycles. The normalized spacial score (nSPS) is 12.6. The molecule has 0 spiro atoms. The van der Waals surface area contributed by atoms with Crippen LogP contribution in [0.4, 0.5) is 0 Å². The first-order valence-corrected chi connectivity index (χ1v) is 31.2. The lowest BCUT2D eigenvalue weighted by Crippen LogP contribution is -2.96. The Bertz CT molecular complexity index is 1680. The van der Waals surface area contributed by atoms with Gasteiger partial charge in [-0.1, -0.05) is 236 Å². The fraction of sp³-hybridized carbons (Fsp3) is 0.217. The first-order chi connectivity index (χ1) is 23.7. The van der Waals surface area contributed by atoms with Gasteiger partial charge in [-0.2, -0.15) is 0 Å². The SMILES string of the molecule is Cc1ccc([Si](c2ccc(C)cc2)(c2ccc(C)cc2)[Si](C)(C)[Si](C)(C)[Si](c2ccc(C)cc2)(c2ccc(C)cc2)c2ccc(C)cc2)cc1. The number of rotatable bonds is 9. The van der Waals surface area contributed by atoms with E-state index in [0.717, 1.165) is 0 Å². The zero-order chi connectivity index (χ0) is 35.9. The maximum Gasteiger partial charge on any atom is 0.136 e. The van der Waals surface area contributed by atoms with E-state index in [1.54, 1.807) is 31.1 Å². The van der Waals surface area contributed by atoms with Crippen molar-refractivity contribution >= 4 is 60.5 Å². The van der Waals surface area contributed by atoms with Gasteiger partial charge in [-0.05, 0) is 41.5 Å². The molecule has 0 bridgehead atoms. The van der Waals surface area contributed by atoms with E-state index in [9.17, 15) is 0 Å². The summed E-state index contributed by atoms with van der Waals surface area (Å²) >= 11 is 0. The van der Waals surface area contributed by atoms with Gasteiger partial charge in [0.1, 0.15) is 15.2 Å². The van der Waals surface area contributed by atoms with E-state index in [4.69, 9.17) is 0 Å². The van der Waals surface area contributed by atoms with Crippen LogP contribution in [0.2, 0.25) is 26.2 Å². The second-order valence-electron chi connectivity index (χ2n) is 15.9. The van der Waals surface area contributed by atoms with Gasteiger partial charge in [-0.15, -0.1) is 0 Å². The third kappa shape index (κ3) is 5.80. The van der Waals surface area contributed by atoms with Crippen LogP contribution in [0.5, 0.6) is 0 Å². The molecule has 0 unspecified atom stereocenters. The van der Waals surface area contributed by atoms with Gasteiger partial charge < -0.3 is 0 Å². The zero-order valence-electron chi connectivity index (χ0n) is 31.9. The van der Waals surface area contributed by atoms with Crippen molar-refractivity contribution in [2.45, 2.75) is 67.7 Å². The standard InChI is InChI=1S/C46H54Si4/c1-35-11-23-41(24-12-35)49(42-25-13-36(2)14-26-42,43-27-15-37(3)16-28-43)47(7,8)48(9,10)50(44-29-17-38(4)18-30-44,45-31-19-39(5)20-32-45)46-33-21-40(6)22-34-46/h11-34H,1-10H3. The summed E-state index contributed by atoms with van der Waals surface area (Å²) in [5, 5.41) is 9.38. The van der Waals surface area contributed by atoms with Gasteiger partial charge in [0.2, 0.25) is 0 Å². The van der Waals surface area contributed by atoms with Crippen LogP contribution in [-0.2, 0) is 0 Å². The van der Waals surface area contributed by atoms with Gasteiger partial charge in [0.25, 0.3) is 0 Å². The molecule has 6 aromatic rings. The quantitative estimate of drug-likeness (QED) is 0.106. The van der Waals surface area contributed by atoms with Gasteiger partial charge in [-0.3, -0.25) is 0 Å². The Hall–Kier alpha value is -3.81. The second kappa shape index (κ2) is 13.7. The highest BCUT2D eigenvalue weighted by Gasteiger charge is 2.68. The van der Waals surface area contributed by atoms with Crippen molar-refractivity contribution in [3.63, 3.8) is 0 Å². The second-order valence-corrected chi connectivity index (χ2v) is 51.4. The van der Waals surface area contributed by atoms with Crippen LogP contribution < -0.4 is 31.1 Å². The van der Waals surface area contributed by atoms with Crippen molar-refractivity contribution in [3.8, 4) is 0 Å². The third-order valence-electron chi connectivity index (χ3n) is 12.3. The van der Waals surface area contributed by atoms with Gasteiger partial charge >= 0.3 is 0 Å². The van der Waals surface area contributed by atoms with Gasteiger partial charge in [0.15, 0.2) is 0 Å². The molecule has 0 fully saturated rings. The van der Waals surface area contributed by atoms with Crippen LogP contribution in [0.15, 0.2) is 146 Å². The minimum atomic E-state index is -2.66. The van der Waals surface area contributed by atoms with Crippen molar-refractivity contribution < 1.29 is 0 Å². The summed E-state index contributed by atoms with van der Waals surface area (Å²) in [6.07, 6.45) is 0. The lowest BCUT2D eigenvalue weighted by molar-refractivity contribution is 1.47. The maximum atomic E-state index is 2.84. The Morgan fingerprint density at radius 2 is 0.340 bits per heavy atom. The van der Waals surface area contributed by atoms with Crippen molar-refractivity contribution in [1.82, 2.24) is 0 Å². The van der Waals surface area contributed by atoms with Crippen molar-refractivity contribution in [2.75, 3.05) is 0 Å². The van der Waals surface area contributed by atoms with Crippen LogP contribution >= 0.6 is 0 Å². The highest BCUT2D eigenvalue weighted by molar-refractivity contribution is 7.91. The summed E-state index contributed by atoms with van der Waals surface area (Å²) in [5.74, 6) is 0. The van der Waals surface area contributed by atoms with Crippen LogP contribution in [0.3, 0.4) is 0 Å². The highest BCUT2D eigenvalue weighted by atomic mass is 29.8. The van der Waals surface area contributed by atoms with E-state index in [1.165, 1.54) is 33.4 Å². The Balaban J connectivity index is 1.82. The number of hydrogen-bond donors (Lipinski definition) is 0. The molecular weight excluding hydrogens is 665 g/mol. The van der Waals surface area contributed by atoms with Gasteiger partial charge in [0.05, 0.1) is 14.2 Å². The summed E-state index contributed by atoms with van der Waals surface area (Å²) in [5.41, 5.74) is 7.93. The number of benzene rings is 6. The minimum Gasteiger partial charge on any atom is -0.0724 e. The van der Waals surface area contributed by atoms with Crippen LogP contribution in [0.1, 0.15) is 33.4 Å². The van der Waals surface area contributed by atoms with E-state index in [-0.39, 0.29) is 0 Å². The summed E-state index contributed by atoms with van der Waals surface area (Å²) in [4.78, 5) is 0. The van der Waals surface area contributed by atoms with Crippen LogP contribution in [0, 0.1) is 41.5 Å². The molecule has 0 aliphatic carbocycles. The average Bonchev–Trinajstić information content (AvgIpc) is 3.09. The third-order valence-corrected chi connectivity index (χ3v) is 72.5. The lowest BCUT2D eigenvalue weighted by atomic mass is 10.2. The fourth-order valence-corrected chi connectivity index (χ4v) is 77.5. The Labute approximate surface area is 305 Å². The van der Waals surface area contributed by atoms with Crippen molar-refractivity contribution in [3.05, 3.63) is 179 Å². The molecule has 0 nitrogen and oxygen atoms in total. The Kier molecular flexibility index (Phi) is 9.88. The highest BCUT2D eigenvalue weighted by Crippen LogP contribution is 2.36. The van der Waals surface area contributed by atoms with E-state index < -0.39 is 29.4 Å². The monoisotopic (exact) mass is 718 g/mol. The van der Waals surface area contributed by atoms with Crippen LogP contribution in [0.25, 0.3) is 0 Å². The Morgan fingerprint density at radius 1 is 0.220 bits per heavy atom. The first-order valence-electron chi connectivity index (χ1n) is 18.2. The smallest absolute Gasteiger partial charge is 0.0724 e. The Morgan fingerprint density at radius 3 is 0.460 bits per heavy atom. The molecule has 0 atom stereocenters.